The maximum absolute atomic E-state index is 12.4. The second kappa shape index (κ2) is 4.34. The highest BCUT2D eigenvalue weighted by atomic mass is 16.5. The number of carbonyl (C=O) groups excluding carboxylic acids is 1. The summed E-state index contributed by atoms with van der Waals surface area (Å²) in [7, 11) is 0. The fraction of sp³-hybridized carbons (Fsp3) is 0.714. The molecule has 2 atom stereocenters. The van der Waals surface area contributed by atoms with Crippen molar-refractivity contribution < 1.29 is 9.53 Å². The van der Waals surface area contributed by atoms with Crippen LogP contribution in [0.2, 0.25) is 0 Å². The summed E-state index contributed by atoms with van der Waals surface area (Å²) in [6, 6.07) is 0. The largest absolute Gasteiger partial charge is 0.369 e. The van der Waals surface area contributed by atoms with Crippen molar-refractivity contribution in [2.24, 2.45) is 0 Å². The van der Waals surface area contributed by atoms with Gasteiger partial charge in [-0.3, -0.25) is 9.89 Å². The van der Waals surface area contributed by atoms with Crippen molar-refractivity contribution in [1.82, 2.24) is 15.5 Å². The third-order valence-electron chi connectivity index (χ3n) is 4.32. The molecular formula is C14H21N3O2. The minimum Gasteiger partial charge on any atom is -0.369 e. The molecule has 3 rings (SSSR count). The van der Waals surface area contributed by atoms with E-state index in [1.807, 2.05) is 13.8 Å². The summed E-state index contributed by atoms with van der Waals surface area (Å²) >= 11 is 0. The lowest BCUT2D eigenvalue weighted by Crippen LogP contribution is -2.51. The van der Waals surface area contributed by atoms with Gasteiger partial charge in [-0.15, -0.1) is 0 Å². The monoisotopic (exact) mass is 263 g/mol. The van der Waals surface area contributed by atoms with Crippen molar-refractivity contribution in [3.8, 4) is 0 Å². The number of ether oxygens (including phenoxy) is 1. The molecule has 2 aliphatic rings. The fourth-order valence-electron chi connectivity index (χ4n) is 3.03. The molecular weight excluding hydrogens is 242 g/mol. The van der Waals surface area contributed by atoms with E-state index in [4.69, 9.17) is 4.74 Å². The Morgan fingerprint density at radius 3 is 2.84 bits per heavy atom. The molecule has 0 unspecified atom stereocenters. The van der Waals surface area contributed by atoms with Crippen LogP contribution in [0.15, 0.2) is 0 Å². The zero-order chi connectivity index (χ0) is 13.6. The number of aromatic nitrogens is 2. The summed E-state index contributed by atoms with van der Waals surface area (Å²) in [5.74, 6) is -0.0546. The first kappa shape index (κ1) is 12.7. The van der Waals surface area contributed by atoms with Crippen LogP contribution in [0.3, 0.4) is 0 Å². The molecule has 1 saturated carbocycles. The summed E-state index contributed by atoms with van der Waals surface area (Å²) in [5, 5.41) is 10.3. The van der Waals surface area contributed by atoms with Crippen LogP contribution in [0.4, 0.5) is 0 Å². The van der Waals surface area contributed by atoms with Crippen LogP contribution in [0.1, 0.15) is 67.9 Å². The molecule has 1 aromatic rings. The number of rotatable bonds is 2. The van der Waals surface area contributed by atoms with Gasteiger partial charge in [-0.1, -0.05) is 0 Å². The van der Waals surface area contributed by atoms with Gasteiger partial charge in [0, 0.05) is 17.5 Å². The number of fused-ring (bicyclic) bond motifs is 1. The second-order valence-corrected chi connectivity index (χ2v) is 6.13. The quantitative estimate of drug-likeness (QED) is 0.858. The normalized spacial score (nSPS) is 28.4. The van der Waals surface area contributed by atoms with Crippen LogP contribution in [0.25, 0.3) is 0 Å². The molecule has 1 fully saturated rings. The Morgan fingerprint density at radius 1 is 1.47 bits per heavy atom. The van der Waals surface area contributed by atoms with Crippen LogP contribution in [-0.2, 0) is 11.2 Å². The number of carbonyl (C=O) groups is 1. The van der Waals surface area contributed by atoms with Gasteiger partial charge >= 0.3 is 0 Å². The fourth-order valence-corrected chi connectivity index (χ4v) is 3.03. The first-order valence-corrected chi connectivity index (χ1v) is 7.04. The standard InChI is InChI=1S/C14H21N3O2/c1-8-7-10-11(9(2)19-8)16-17-12(10)13(18)15-14(3)5-4-6-14/h8-9H,4-7H2,1-3H3,(H,15,18)(H,16,17)/t8-,9+/m1/s1. The van der Waals surface area contributed by atoms with Crippen LogP contribution < -0.4 is 5.32 Å². The molecule has 5 nitrogen and oxygen atoms in total. The zero-order valence-electron chi connectivity index (χ0n) is 11.7. The summed E-state index contributed by atoms with van der Waals surface area (Å²) in [6.07, 6.45) is 4.16. The van der Waals surface area contributed by atoms with E-state index < -0.39 is 0 Å². The van der Waals surface area contributed by atoms with Crippen molar-refractivity contribution >= 4 is 5.91 Å². The van der Waals surface area contributed by atoms with Crippen LogP contribution in [0, 0.1) is 0 Å². The first-order valence-electron chi connectivity index (χ1n) is 7.04. The van der Waals surface area contributed by atoms with Crippen molar-refractivity contribution in [3.05, 3.63) is 17.0 Å². The smallest absolute Gasteiger partial charge is 0.272 e. The maximum Gasteiger partial charge on any atom is 0.272 e. The number of hydrogen-bond donors (Lipinski definition) is 2. The van der Waals surface area contributed by atoms with Crippen molar-refractivity contribution in [2.45, 2.75) is 64.2 Å². The lowest BCUT2D eigenvalue weighted by Gasteiger charge is -2.39. The highest BCUT2D eigenvalue weighted by molar-refractivity contribution is 5.94. The minimum absolute atomic E-state index is 0.0212. The highest BCUT2D eigenvalue weighted by Crippen LogP contribution is 2.33. The van der Waals surface area contributed by atoms with Crippen LogP contribution >= 0.6 is 0 Å². The number of H-pyrrole nitrogens is 1. The van der Waals surface area contributed by atoms with Crippen molar-refractivity contribution in [2.75, 3.05) is 0 Å². The second-order valence-electron chi connectivity index (χ2n) is 6.13. The number of nitrogens with zero attached hydrogens (tertiary/aromatic N) is 1. The van der Waals surface area contributed by atoms with Crippen LogP contribution in [-0.4, -0.2) is 27.7 Å². The number of hydrogen-bond acceptors (Lipinski definition) is 3. The highest BCUT2D eigenvalue weighted by Gasteiger charge is 2.36. The molecule has 104 valence electrons. The third kappa shape index (κ3) is 2.16. The van der Waals surface area contributed by atoms with E-state index in [2.05, 4.69) is 22.4 Å². The topological polar surface area (TPSA) is 67.0 Å². The average Bonchev–Trinajstić information content (AvgIpc) is 2.70. The van der Waals surface area contributed by atoms with Gasteiger partial charge in [0.15, 0.2) is 5.69 Å². The lowest BCUT2D eigenvalue weighted by atomic mass is 9.78. The van der Waals surface area contributed by atoms with E-state index in [0.717, 1.165) is 30.5 Å². The lowest BCUT2D eigenvalue weighted by molar-refractivity contribution is -0.00698. The molecule has 2 heterocycles. The Hall–Kier alpha value is -1.36. The SMILES string of the molecule is C[C@@H]1Cc2c(C(=O)NC3(C)CCC3)n[nH]c2[C@H](C)O1. The number of amides is 1. The molecule has 0 spiro atoms. The Kier molecular flexibility index (Phi) is 2.89. The summed E-state index contributed by atoms with van der Waals surface area (Å²) in [5.41, 5.74) is 2.48. The molecule has 1 aliphatic carbocycles. The van der Waals surface area contributed by atoms with E-state index in [0.29, 0.717) is 5.69 Å². The molecule has 0 radical (unpaired) electrons. The van der Waals surface area contributed by atoms with E-state index >= 15 is 0 Å². The molecule has 2 N–H and O–H groups in total. The Bertz CT molecular complexity index is 505. The predicted molar refractivity (Wildman–Crippen MR) is 71.0 cm³/mol. The molecule has 0 bridgehead atoms. The average molecular weight is 263 g/mol. The van der Waals surface area contributed by atoms with Gasteiger partial charge in [-0.2, -0.15) is 5.10 Å². The van der Waals surface area contributed by atoms with Crippen molar-refractivity contribution in [3.63, 3.8) is 0 Å². The zero-order valence-corrected chi connectivity index (χ0v) is 11.7. The van der Waals surface area contributed by atoms with E-state index in [1.54, 1.807) is 0 Å². The van der Waals surface area contributed by atoms with Gasteiger partial charge in [-0.05, 0) is 40.0 Å². The predicted octanol–water partition coefficient (Wildman–Crippen LogP) is 2.10. The van der Waals surface area contributed by atoms with Crippen molar-refractivity contribution in [1.29, 1.82) is 0 Å². The molecule has 1 aromatic heterocycles. The van der Waals surface area contributed by atoms with E-state index in [-0.39, 0.29) is 23.7 Å². The van der Waals surface area contributed by atoms with Gasteiger partial charge in [0.25, 0.3) is 5.91 Å². The Labute approximate surface area is 113 Å². The number of nitrogens with one attached hydrogen (secondary N) is 2. The Morgan fingerprint density at radius 2 is 2.21 bits per heavy atom. The number of aromatic amines is 1. The third-order valence-corrected chi connectivity index (χ3v) is 4.32. The Balaban J connectivity index is 1.83. The molecule has 1 aliphatic heterocycles. The van der Waals surface area contributed by atoms with Gasteiger partial charge in [0.1, 0.15) is 0 Å². The van der Waals surface area contributed by atoms with Gasteiger partial charge in [0.2, 0.25) is 0 Å². The molecule has 5 heteroatoms. The summed E-state index contributed by atoms with van der Waals surface area (Å²) in [6.45, 7) is 6.12. The van der Waals surface area contributed by atoms with Gasteiger partial charge in [-0.25, -0.2) is 0 Å². The van der Waals surface area contributed by atoms with Gasteiger partial charge < -0.3 is 10.1 Å². The van der Waals surface area contributed by atoms with E-state index in [9.17, 15) is 4.79 Å². The molecule has 19 heavy (non-hydrogen) atoms. The first-order chi connectivity index (χ1) is 8.98. The van der Waals surface area contributed by atoms with Crippen LogP contribution in [0.5, 0.6) is 0 Å². The van der Waals surface area contributed by atoms with E-state index in [1.165, 1.54) is 6.42 Å². The van der Waals surface area contributed by atoms with Gasteiger partial charge in [0.05, 0.1) is 17.9 Å². The summed E-state index contributed by atoms with van der Waals surface area (Å²) < 4.78 is 5.74. The molecule has 1 amide bonds. The molecule has 0 saturated heterocycles. The summed E-state index contributed by atoms with van der Waals surface area (Å²) in [4.78, 5) is 12.4. The maximum atomic E-state index is 12.4. The molecule has 0 aromatic carbocycles. The minimum atomic E-state index is -0.0546.